The van der Waals surface area contributed by atoms with Gasteiger partial charge in [-0.05, 0) is 30.5 Å². The van der Waals surface area contributed by atoms with Crippen molar-refractivity contribution in [2.45, 2.75) is 39.3 Å². The van der Waals surface area contributed by atoms with Crippen LogP contribution in [0.15, 0.2) is 24.3 Å². The first-order valence-electron chi connectivity index (χ1n) is 6.31. The minimum absolute atomic E-state index is 0.00534. The van der Waals surface area contributed by atoms with E-state index in [1.54, 1.807) is 24.3 Å². The molecule has 4 nitrogen and oxygen atoms in total. The van der Waals surface area contributed by atoms with Crippen molar-refractivity contribution in [3.63, 3.8) is 0 Å². The summed E-state index contributed by atoms with van der Waals surface area (Å²) in [4.78, 5) is 11.6. The molecule has 0 aliphatic heterocycles. The van der Waals surface area contributed by atoms with Crippen molar-refractivity contribution in [1.29, 1.82) is 0 Å². The summed E-state index contributed by atoms with van der Waals surface area (Å²) in [6.07, 6.45) is 1.84. The normalized spacial score (nSPS) is 10.4. The fourth-order valence-electron chi connectivity index (χ4n) is 1.64. The summed E-state index contributed by atoms with van der Waals surface area (Å²) in [7, 11) is 0. The second kappa shape index (κ2) is 7.71. The molecule has 0 saturated heterocycles. The Morgan fingerprint density at radius 1 is 1.39 bits per heavy atom. The summed E-state index contributed by atoms with van der Waals surface area (Å²) < 4.78 is 5.38. The van der Waals surface area contributed by atoms with E-state index in [9.17, 15) is 4.79 Å². The highest BCUT2D eigenvalue weighted by molar-refractivity contribution is 5.77. The number of carbonyl (C=O) groups excluding carboxylic acids is 1. The smallest absolute Gasteiger partial charge is 0.258 e. The Kier molecular flexibility index (Phi) is 6.22. The van der Waals surface area contributed by atoms with Gasteiger partial charge in [-0.1, -0.05) is 26.0 Å². The summed E-state index contributed by atoms with van der Waals surface area (Å²) in [6.45, 7) is 4.06. The predicted octanol–water partition coefficient (Wildman–Crippen LogP) is 1.86. The van der Waals surface area contributed by atoms with Crippen molar-refractivity contribution in [3.05, 3.63) is 29.8 Å². The zero-order chi connectivity index (χ0) is 13.4. The molecule has 4 heteroatoms. The highest BCUT2D eigenvalue weighted by Crippen LogP contribution is 2.13. The molecule has 0 atom stereocenters. The van der Waals surface area contributed by atoms with Crippen molar-refractivity contribution < 1.29 is 14.6 Å². The van der Waals surface area contributed by atoms with Crippen LogP contribution in [0.5, 0.6) is 5.75 Å². The van der Waals surface area contributed by atoms with Crippen LogP contribution in [0, 0.1) is 0 Å². The topological polar surface area (TPSA) is 58.6 Å². The SMILES string of the molecule is CCC(CC)NC(=O)COc1cccc(CO)c1. The zero-order valence-electron chi connectivity index (χ0n) is 11.0. The van der Waals surface area contributed by atoms with Crippen molar-refractivity contribution in [3.8, 4) is 5.75 Å². The van der Waals surface area contributed by atoms with Gasteiger partial charge in [0.1, 0.15) is 5.75 Å². The van der Waals surface area contributed by atoms with Gasteiger partial charge in [0, 0.05) is 6.04 Å². The van der Waals surface area contributed by atoms with Gasteiger partial charge in [0.05, 0.1) is 6.61 Å². The van der Waals surface area contributed by atoms with Crippen LogP contribution in [0.4, 0.5) is 0 Å². The average Bonchev–Trinajstić information content (AvgIpc) is 2.42. The molecular formula is C14H21NO3. The van der Waals surface area contributed by atoms with Gasteiger partial charge in [-0.2, -0.15) is 0 Å². The molecule has 1 aromatic carbocycles. The molecular weight excluding hydrogens is 230 g/mol. The number of nitrogens with one attached hydrogen (secondary N) is 1. The third kappa shape index (κ3) is 4.75. The van der Waals surface area contributed by atoms with E-state index in [4.69, 9.17) is 9.84 Å². The van der Waals surface area contributed by atoms with Crippen LogP contribution in [-0.2, 0) is 11.4 Å². The Bertz CT molecular complexity index is 375. The van der Waals surface area contributed by atoms with E-state index >= 15 is 0 Å². The van der Waals surface area contributed by atoms with Crippen molar-refractivity contribution in [2.24, 2.45) is 0 Å². The molecule has 0 bridgehead atoms. The summed E-state index contributed by atoms with van der Waals surface area (Å²) in [5.41, 5.74) is 0.771. The monoisotopic (exact) mass is 251 g/mol. The molecule has 0 aliphatic rings. The van der Waals surface area contributed by atoms with E-state index in [1.165, 1.54) is 0 Å². The molecule has 18 heavy (non-hydrogen) atoms. The number of hydrogen-bond donors (Lipinski definition) is 2. The first-order chi connectivity index (χ1) is 8.69. The fraction of sp³-hybridized carbons (Fsp3) is 0.500. The number of amides is 1. The van der Waals surface area contributed by atoms with Crippen molar-refractivity contribution >= 4 is 5.91 Å². The lowest BCUT2D eigenvalue weighted by atomic mass is 10.2. The summed E-state index contributed by atoms with van der Waals surface area (Å²) in [5, 5.41) is 11.9. The molecule has 2 N–H and O–H groups in total. The second-order valence-corrected chi connectivity index (χ2v) is 4.18. The Hall–Kier alpha value is -1.55. The highest BCUT2D eigenvalue weighted by atomic mass is 16.5. The Balaban J connectivity index is 2.42. The first kappa shape index (κ1) is 14.5. The largest absolute Gasteiger partial charge is 0.484 e. The van der Waals surface area contributed by atoms with Crippen LogP contribution < -0.4 is 10.1 Å². The van der Waals surface area contributed by atoms with Gasteiger partial charge in [0.15, 0.2) is 6.61 Å². The maximum Gasteiger partial charge on any atom is 0.258 e. The Morgan fingerprint density at radius 3 is 2.72 bits per heavy atom. The molecule has 0 aromatic heterocycles. The molecule has 1 rings (SSSR count). The molecule has 0 unspecified atom stereocenters. The number of aliphatic hydroxyl groups is 1. The van der Waals surface area contributed by atoms with Crippen LogP contribution in [-0.4, -0.2) is 23.7 Å². The van der Waals surface area contributed by atoms with E-state index in [-0.39, 0.29) is 25.2 Å². The predicted molar refractivity (Wildman–Crippen MR) is 70.4 cm³/mol. The average molecular weight is 251 g/mol. The van der Waals surface area contributed by atoms with Crippen molar-refractivity contribution in [2.75, 3.05) is 6.61 Å². The van der Waals surface area contributed by atoms with E-state index in [0.29, 0.717) is 5.75 Å². The number of hydrogen-bond acceptors (Lipinski definition) is 3. The minimum Gasteiger partial charge on any atom is -0.484 e. The van der Waals surface area contributed by atoms with Crippen LogP contribution in [0.1, 0.15) is 32.3 Å². The van der Waals surface area contributed by atoms with Gasteiger partial charge >= 0.3 is 0 Å². The minimum atomic E-state index is -0.113. The Morgan fingerprint density at radius 2 is 2.11 bits per heavy atom. The summed E-state index contributed by atoms with van der Waals surface area (Å²) in [5.74, 6) is 0.486. The van der Waals surface area contributed by atoms with E-state index in [1.807, 2.05) is 13.8 Å². The molecule has 0 heterocycles. The quantitative estimate of drug-likeness (QED) is 0.777. The molecule has 100 valence electrons. The number of benzene rings is 1. The van der Waals surface area contributed by atoms with Gasteiger partial charge in [-0.15, -0.1) is 0 Å². The van der Waals surface area contributed by atoms with Gasteiger partial charge < -0.3 is 15.2 Å². The molecule has 0 radical (unpaired) electrons. The number of rotatable bonds is 7. The lowest BCUT2D eigenvalue weighted by molar-refractivity contribution is -0.123. The molecule has 0 spiro atoms. The third-order valence-corrected chi connectivity index (χ3v) is 2.80. The maximum atomic E-state index is 11.6. The molecule has 1 amide bonds. The second-order valence-electron chi connectivity index (χ2n) is 4.18. The van der Waals surface area contributed by atoms with Crippen molar-refractivity contribution in [1.82, 2.24) is 5.32 Å². The van der Waals surface area contributed by atoms with Gasteiger partial charge in [-0.25, -0.2) is 0 Å². The zero-order valence-corrected chi connectivity index (χ0v) is 11.0. The summed E-state index contributed by atoms with van der Waals surface area (Å²) in [6, 6.07) is 7.30. The van der Waals surface area contributed by atoms with Gasteiger partial charge in [-0.3, -0.25) is 4.79 Å². The maximum absolute atomic E-state index is 11.6. The van der Waals surface area contributed by atoms with Crippen LogP contribution in [0.25, 0.3) is 0 Å². The highest BCUT2D eigenvalue weighted by Gasteiger charge is 2.08. The van der Waals surface area contributed by atoms with Gasteiger partial charge in [0.2, 0.25) is 0 Å². The summed E-state index contributed by atoms with van der Waals surface area (Å²) >= 11 is 0. The van der Waals surface area contributed by atoms with E-state index in [0.717, 1.165) is 18.4 Å². The standard InChI is InChI=1S/C14H21NO3/c1-3-12(4-2)15-14(17)10-18-13-7-5-6-11(8-13)9-16/h5-8,12,16H,3-4,9-10H2,1-2H3,(H,15,17). The van der Waals surface area contributed by atoms with Crippen LogP contribution in [0.2, 0.25) is 0 Å². The Labute approximate surface area is 108 Å². The third-order valence-electron chi connectivity index (χ3n) is 2.80. The number of carbonyl (C=O) groups is 1. The lowest BCUT2D eigenvalue weighted by Crippen LogP contribution is -2.37. The molecule has 0 fully saturated rings. The molecule has 0 saturated carbocycles. The number of ether oxygens (including phenoxy) is 1. The molecule has 1 aromatic rings. The molecule has 0 aliphatic carbocycles. The lowest BCUT2D eigenvalue weighted by Gasteiger charge is -2.15. The fourth-order valence-corrected chi connectivity index (χ4v) is 1.64. The van der Waals surface area contributed by atoms with E-state index < -0.39 is 0 Å². The van der Waals surface area contributed by atoms with Crippen LogP contribution in [0.3, 0.4) is 0 Å². The van der Waals surface area contributed by atoms with Crippen LogP contribution >= 0.6 is 0 Å². The number of aliphatic hydroxyl groups excluding tert-OH is 1. The first-order valence-corrected chi connectivity index (χ1v) is 6.31. The van der Waals surface area contributed by atoms with Gasteiger partial charge in [0.25, 0.3) is 5.91 Å². The van der Waals surface area contributed by atoms with E-state index in [2.05, 4.69) is 5.32 Å².